The van der Waals surface area contributed by atoms with Gasteiger partial charge in [0.2, 0.25) is 5.75 Å². The monoisotopic (exact) mass is 405 g/mol. The van der Waals surface area contributed by atoms with Crippen LogP contribution in [-0.4, -0.2) is 39.8 Å². The number of oxime groups is 1. The van der Waals surface area contributed by atoms with Crippen LogP contribution in [0.1, 0.15) is 26.7 Å². The summed E-state index contributed by atoms with van der Waals surface area (Å²) >= 11 is 11.1. The summed E-state index contributed by atoms with van der Waals surface area (Å²) in [6, 6.07) is 3.44. The number of halogens is 2. The van der Waals surface area contributed by atoms with E-state index in [1.807, 2.05) is 13.8 Å². The highest BCUT2D eigenvalue weighted by Crippen LogP contribution is 2.41. The Bertz CT molecular complexity index is 587. The molecule has 0 aliphatic carbocycles. The Kier molecular flexibility index (Phi) is 10.7. The van der Waals surface area contributed by atoms with Gasteiger partial charge in [-0.2, -0.15) is 0 Å². The highest BCUT2D eigenvalue weighted by atomic mass is 35.5. The number of hydrogen-bond donors (Lipinski definition) is 0. The zero-order chi connectivity index (χ0) is 19.4. The Balaban J connectivity index is 2.63. The van der Waals surface area contributed by atoms with Crippen molar-refractivity contribution < 1.29 is 23.8 Å². The first-order chi connectivity index (χ1) is 12.5. The highest BCUT2D eigenvalue weighted by Gasteiger charge is 2.15. The molecule has 0 saturated carbocycles. The van der Waals surface area contributed by atoms with E-state index in [0.29, 0.717) is 36.2 Å². The van der Waals surface area contributed by atoms with E-state index in [2.05, 4.69) is 5.16 Å². The number of methoxy groups -OCH3 is 2. The zero-order valence-electron chi connectivity index (χ0n) is 15.5. The number of benzene rings is 1. The lowest BCUT2D eigenvalue weighted by Gasteiger charge is -2.16. The summed E-state index contributed by atoms with van der Waals surface area (Å²) in [5, 5.41) is 3.88. The Morgan fingerprint density at radius 3 is 2.15 bits per heavy atom. The molecule has 0 atom stereocenters. The fraction of sp³-hybridized carbons (Fsp3) is 0.500. The largest absolute Gasteiger partial charge is 0.493 e. The van der Waals surface area contributed by atoms with Crippen LogP contribution in [0.2, 0.25) is 0 Å². The van der Waals surface area contributed by atoms with Crippen LogP contribution in [0.25, 0.3) is 0 Å². The van der Waals surface area contributed by atoms with Gasteiger partial charge in [0.1, 0.15) is 23.5 Å². The minimum absolute atomic E-state index is 0.146. The first-order valence-corrected chi connectivity index (χ1v) is 8.89. The Labute approximate surface area is 164 Å². The van der Waals surface area contributed by atoms with Crippen molar-refractivity contribution in [2.75, 3.05) is 34.0 Å². The van der Waals surface area contributed by atoms with Crippen molar-refractivity contribution >= 4 is 28.9 Å². The molecule has 0 N–H and O–H groups in total. The molecule has 0 amide bonds. The average molecular weight is 406 g/mol. The van der Waals surface area contributed by atoms with Crippen molar-refractivity contribution in [2.24, 2.45) is 5.16 Å². The maximum Gasteiger partial charge on any atom is 0.203 e. The van der Waals surface area contributed by atoms with Crippen LogP contribution in [0.5, 0.6) is 23.0 Å². The molecule has 0 radical (unpaired) electrons. The predicted molar refractivity (Wildman–Crippen MR) is 104 cm³/mol. The van der Waals surface area contributed by atoms with E-state index in [-0.39, 0.29) is 11.1 Å². The van der Waals surface area contributed by atoms with E-state index in [1.165, 1.54) is 0 Å². The number of nitrogens with zero attached hydrogens (tertiary/aromatic N) is 1. The fourth-order valence-electron chi connectivity index (χ4n) is 1.90. The van der Waals surface area contributed by atoms with E-state index in [1.54, 1.807) is 32.4 Å². The molecule has 8 heteroatoms. The fourth-order valence-corrected chi connectivity index (χ4v) is 2.03. The van der Waals surface area contributed by atoms with Gasteiger partial charge in [-0.05, 0) is 32.8 Å². The van der Waals surface area contributed by atoms with E-state index < -0.39 is 0 Å². The van der Waals surface area contributed by atoms with E-state index >= 15 is 0 Å². The van der Waals surface area contributed by atoms with Crippen LogP contribution in [0.4, 0.5) is 0 Å². The minimum Gasteiger partial charge on any atom is -0.493 e. The van der Waals surface area contributed by atoms with Crippen molar-refractivity contribution in [3.8, 4) is 23.0 Å². The third-order valence-electron chi connectivity index (χ3n) is 3.05. The smallest absolute Gasteiger partial charge is 0.203 e. The van der Waals surface area contributed by atoms with Crippen LogP contribution >= 0.6 is 23.2 Å². The van der Waals surface area contributed by atoms with Gasteiger partial charge < -0.3 is 23.8 Å². The average Bonchev–Trinajstić information content (AvgIpc) is 2.60. The van der Waals surface area contributed by atoms with Crippen LogP contribution in [0.3, 0.4) is 0 Å². The van der Waals surface area contributed by atoms with Gasteiger partial charge in [0.25, 0.3) is 0 Å². The van der Waals surface area contributed by atoms with Gasteiger partial charge in [-0.25, -0.2) is 0 Å². The molecule has 0 fully saturated rings. The second kappa shape index (κ2) is 12.5. The van der Waals surface area contributed by atoms with Crippen LogP contribution < -0.4 is 18.9 Å². The minimum atomic E-state index is 0.146. The summed E-state index contributed by atoms with van der Waals surface area (Å²) in [7, 11) is 3.11. The molecule has 0 saturated heterocycles. The van der Waals surface area contributed by atoms with Gasteiger partial charge in [-0.1, -0.05) is 28.4 Å². The number of unbranched alkanes of at least 4 members (excludes halogenated alkanes) is 1. The second-order valence-corrected chi connectivity index (χ2v) is 6.40. The van der Waals surface area contributed by atoms with E-state index in [9.17, 15) is 0 Å². The lowest BCUT2D eigenvalue weighted by atomic mass is 10.2. The Morgan fingerprint density at radius 2 is 1.62 bits per heavy atom. The van der Waals surface area contributed by atoms with Gasteiger partial charge in [0.05, 0.1) is 26.5 Å². The zero-order valence-corrected chi connectivity index (χ0v) is 17.0. The summed E-state index contributed by atoms with van der Waals surface area (Å²) in [6.07, 6.45) is 3.18. The normalized spacial score (nSPS) is 9.92. The van der Waals surface area contributed by atoms with Crippen molar-refractivity contribution in [2.45, 2.75) is 26.7 Å². The molecule has 26 heavy (non-hydrogen) atoms. The maximum atomic E-state index is 5.82. The first-order valence-electron chi connectivity index (χ1n) is 8.13. The number of hydrogen-bond acceptors (Lipinski definition) is 6. The van der Waals surface area contributed by atoms with Crippen molar-refractivity contribution in [3.05, 3.63) is 22.7 Å². The third-order valence-corrected chi connectivity index (χ3v) is 3.35. The molecule has 1 aromatic rings. The molecule has 0 heterocycles. The molecule has 1 rings (SSSR count). The third kappa shape index (κ3) is 8.54. The van der Waals surface area contributed by atoms with Crippen molar-refractivity contribution in [1.82, 2.24) is 0 Å². The summed E-state index contributed by atoms with van der Waals surface area (Å²) < 4.78 is 22.3. The molecule has 0 unspecified atom stereocenters. The molecule has 0 bridgehead atoms. The molecule has 0 aliphatic heterocycles. The number of rotatable bonds is 12. The molecular formula is C18H25Cl2NO5. The van der Waals surface area contributed by atoms with Crippen LogP contribution in [-0.2, 0) is 4.84 Å². The van der Waals surface area contributed by atoms with Gasteiger partial charge in [-0.3, -0.25) is 0 Å². The topological polar surface area (TPSA) is 58.5 Å². The molecule has 146 valence electrons. The molecule has 6 nitrogen and oxygen atoms in total. The Hall–Kier alpha value is -1.79. The standard InChI is InChI=1S/C18H25Cl2NO5/c1-13(2)21-26-9-6-5-8-25-18-15(22-3)11-14(12-16(18)23-4)24-10-7-17(19)20/h7,11-12H,5-6,8-10H2,1-4H3. The lowest BCUT2D eigenvalue weighted by Crippen LogP contribution is -2.04. The summed E-state index contributed by atoms with van der Waals surface area (Å²) in [5.41, 5.74) is 0.891. The highest BCUT2D eigenvalue weighted by molar-refractivity contribution is 6.55. The summed E-state index contributed by atoms with van der Waals surface area (Å²) in [4.78, 5) is 5.15. The SMILES string of the molecule is COc1cc(OCC=C(Cl)Cl)cc(OC)c1OCCCCON=C(C)C. The van der Waals surface area contributed by atoms with E-state index in [0.717, 1.165) is 18.6 Å². The second-order valence-electron chi connectivity index (χ2n) is 5.39. The molecule has 1 aromatic carbocycles. The van der Waals surface area contributed by atoms with Gasteiger partial charge in [-0.15, -0.1) is 0 Å². The molecular weight excluding hydrogens is 381 g/mol. The predicted octanol–water partition coefficient (Wildman–Crippen LogP) is 4.97. The van der Waals surface area contributed by atoms with Gasteiger partial charge in [0.15, 0.2) is 11.5 Å². The quantitative estimate of drug-likeness (QED) is 0.279. The van der Waals surface area contributed by atoms with Crippen LogP contribution in [0.15, 0.2) is 27.9 Å². The van der Waals surface area contributed by atoms with Gasteiger partial charge >= 0.3 is 0 Å². The van der Waals surface area contributed by atoms with Crippen molar-refractivity contribution in [1.29, 1.82) is 0 Å². The molecule has 0 aromatic heterocycles. The first kappa shape index (κ1) is 22.3. The summed E-state index contributed by atoms with van der Waals surface area (Å²) in [5.74, 6) is 2.11. The Morgan fingerprint density at radius 1 is 1.00 bits per heavy atom. The van der Waals surface area contributed by atoms with Crippen LogP contribution in [0, 0.1) is 0 Å². The molecule has 0 aliphatic rings. The molecule has 0 spiro atoms. The lowest BCUT2D eigenvalue weighted by molar-refractivity contribution is 0.134. The van der Waals surface area contributed by atoms with Gasteiger partial charge in [0, 0.05) is 12.1 Å². The number of ether oxygens (including phenoxy) is 4. The van der Waals surface area contributed by atoms with E-state index in [4.69, 9.17) is 47.0 Å². The maximum absolute atomic E-state index is 5.82. The van der Waals surface area contributed by atoms with Crippen molar-refractivity contribution in [3.63, 3.8) is 0 Å². The summed E-state index contributed by atoms with van der Waals surface area (Å²) in [6.45, 7) is 5.04.